The summed E-state index contributed by atoms with van der Waals surface area (Å²) in [4.78, 5) is 0. The molecule has 0 bridgehead atoms. The quantitative estimate of drug-likeness (QED) is 0.817. The first kappa shape index (κ1) is 12.7. The normalized spacial score (nSPS) is 11.9. The average molecular weight is 362 g/mol. The number of fused-ring (bicyclic) bond motifs is 1. The minimum atomic E-state index is -3.66. The van der Waals surface area contributed by atoms with E-state index in [2.05, 4.69) is 27.3 Å². The van der Waals surface area contributed by atoms with Crippen LogP contribution >= 0.6 is 22.6 Å². The number of hydrogen-bond donors (Lipinski definition) is 2. The highest BCUT2D eigenvalue weighted by atomic mass is 127. The molecule has 3 N–H and O–H groups in total. The van der Waals surface area contributed by atoms with Crippen molar-refractivity contribution in [2.45, 2.75) is 6.54 Å². The summed E-state index contributed by atoms with van der Waals surface area (Å²) in [5.41, 5.74) is 0.942. The summed E-state index contributed by atoms with van der Waals surface area (Å²) in [6.45, 7) is 0.207. The fourth-order valence-corrected chi connectivity index (χ4v) is 2.67. The monoisotopic (exact) mass is 362 g/mol. The van der Waals surface area contributed by atoms with E-state index < -0.39 is 10.2 Å². The maximum Gasteiger partial charge on any atom is 0.274 e. The van der Waals surface area contributed by atoms with Gasteiger partial charge in [0, 0.05) is 10.1 Å². The van der Waals surface area contributed by atoms with E-state index >= 15 is 0 Å². The molecule has 0 aromatic heterocycles. The van der Waals surface area contributed by atoms with Crippen molar-refractivity contribution in [1.82, 2.24) is 4.72 Å². The fourth-order valence-electron chi connectivity index (χ4n) is 1.66. The zero-order valence-corrected chi connectivity index (χ0v) is 11.8. The molecule has 0 atom stereocenters. The second-order valence-electron chi connectivity index (χ2n) is 3.61. The maximum atomic E-state index is 10.9. The Hall–Kier alpha value is -0.700. The average Bonchev–Trinajstić information content (AvgIpc) is 2.26. The van der Waals surface area contributed by atoms with E-state index in [0.29, 0.717) is 0 Å². The van der Waals surface area contributed by atoms with Gasteiger partial charge in [0.05, 0.1) is 0 Å². The molecular formula is C11H11IN2O2S. The van der Waals surface area contributed by atoms with Crippen LogP contribution in [-0.4, -0.2) is 8.42 Å². The summed E-state index contributed by atoms with van der Waals surface area (Å²) in [7, 11) is -3.66. The molecule has 0 saturated carbocycles. The summed E-state index contributed by atoms with van der Waals surface area (Å²) in [6, 6.07) is 11.8. The fraction of sp³-hybridized carbons (Fsp3) is 0.0909. The Morgan fingerprint density at radius 3 is 2.59 bits per heavy atom. The van der Waals surface area contributed by atoms with Crippen molar-refractivity contribution in [1.29, 1.82) is 0 Å². The summed E-state index contributed by atoms with van der Waals surface area (Å²) in [5.74, 6) is 0. The van der Waals surface area contributed by atoms with Crippen molar-refractivity contribution in [3.05, 3.63) is 45.5 Å². The number of benzene rings is 2. The number of halogens is 1. The molecular weight excluding hydrogens is 351 g/mol. The lowest BCUT2D eigenvalue weighted by Crippen LogP contribution is -2.30. The maximum absolute atomic E-state index is 10.9. The Bertz CT molecular complexity index is 656. The van der Waals surface area contributed by atoms with Crippen LogP contribution in [-0.2, 0) is 16.8 Å². The van der Waals surface area contributed by atoms with Gasteiger partial charge in [-0.3, -0.25) is 0 Å². The minimum Gasteiger partial charge on any atom is -0.216 e. The van der Waals surface area contributed by atoms with E-state index in [0.717, 1.165) is 19.9 Å². The third-order valence-corrected chi connectivity index (χ3v) is 3.99. The molecule has 0 fully saturated rings. The van der Waals surface area contributed by atoms with Gasteiger partial charge in [-0.25, -0.2) is 5.14 Å². The molecule has 0 radical (unpaired) electrons. The van der Waals surface area contributed by atoms with E-state index in [9.17, 15) is 8.42 Å². The van der Waals surface area contributed by atoms with Gasteiger partial charge in [-0.1, -0.05) is 30.3 Å². The van der Waals surface area contributed by atoms with Gasteiger partial charge in [-0.15, -0.1) is 0 Å². The molecule has 6 heteroatoms. The molecule has 0 spiro atoms. The summed E-state index contributed by atoms with van der Waals surface area (Å²) in [6.07, 6.45) is 0. The summed E-state index contributed by atoms with van der Waals surface area (Å²) in [5, 5.41) is 7.06. The molecule has 0 aliphatic heterocycles. The molecule has 0 saturated heterocycles. The molecule has 0 heterocycles. The van der Waals surface area contributed by atoms with Gasteiger partial charge in [0.2, 0.25) is 0 Å². The van der Waals surface area contributed by atoms with Crippen molar-refractivity contribution in [3.63, 3.8) is 0 Å². The van der Waals surface area contributed by atoms with Crippen LogP contribution < -0.4 is 9.86 Å². The largest absolute Gasteiger partial charge is 0.274 e. The molecule has 90 valence electrons. The van der Waals surface area contributed by atoms with Gasteiger partial charge in [0.1, 0.15) is 0 Å². The van der Waals surface area contributed by atoms with Crippen molar-refractivity contribution >= 4 is 43.6 Å². The second kappa shape index (κ2) is 4.89. The molecule has 2 rings (SSSR count). The van der Waals surface area contributed by atoms with Gasteiger partial charge in [0.15, 0.2) is 0 Å². The van der Waals surface area contributed by atoms with Crippen LogP contribution in [0.5, 0.6) is 0 Å². The van der Waals surface area contributed by atoms with Gasteiger partial charge in [-0.05, 0) is 45.0 Å². The molecule has 0 amide bonds. The molecule has 0 aliphatic carbocycles. The first-order valence-electron chi connectivity index (χ1n) is 4.91. The van der Waals surface area contributed by atoms with E-state index in [1.165, 1.54) is 0 Å². The molecule has 4 nitrogen and oxygen atoms in total. The van der Waals surface area contributed by atoms with Gasteiger partial charge in [-0.2, -0.15) is 13.1 Å². The van der Waals surface area contributed by atoms with Crippen LogP contribution in [0.2, 0.25) is 0 Å². The van der Waals surface area contributed by atoms with Gasteiger partial charge in [0.25, 0.3) is 10.2 Å². The molecule has 17 heavy (non-hydrogen) atoms. The molecule has 2 aromatic rings. The zero-order chi connectivity index (χ0) is 12.5. The van der Waals surface area contributed by atoms with Crippen LogP contribution in [0.15, 0.2) is 36.4 Å². The van der Waals surface area contributed by atoms with Crippen molar-refractivity contribution in [2.75, 3.05) is 0 Å². The van der Waals surface area contributed by atoms with Crippen LogP contribution in [0.25, 0.3) is 10.8 Å². The lowest BCUT2D eigenvalue weighted by Gasteiger charge is -2.09. The Morgan fingerprint density at radius 2 is 1.88 bits per heavy atom. The number of nitrogens with one attached hydrogen (secondary N) is 1. The molecule has 0 unspecified atom stereocenters. The van der Waals surface area contributed by atoms with E-state index in [4.69, 9.17) is 5.14 Å². The lowest BCUT2D eigenvalue weighted by molar-refractivity contribution is 0.583. The van der Waals surface area contributed by atoms with Crippen molar-refractivity contribution in [3.8, 4) is 0 Å². The van der Waals surface area contributed by atoms with Crippen LogP contribution in [0, 0.1) is 3.57 Å². The van der Waals surface area contributed by atoms with E-state index in [-0.39, 0.29) is 6.54 Å². The number of hydrogen-bond acceptors (Lipinski definition) is 2. The minimum absolute atomic E-state index is 0.207. The Labute approximate surface area is 114 Å². The van der Waals surface area contributed by atoms with E-state index in [1.807, 2.05) is 36.4 Å². The van der Waals surface area contributed by atoms with Gasteiger partial charge >= 0.3 is 0 Å². The topological polar surface area (TPSA) is 72.2 Å². The van der Waals surface area contributed by atoms with Crippen LogP contribution in [0.1, 0.15) is 5.56 Å². The first-order chi connectivity index (χ1) is 7.97. The van der Waals surface area contributed by atoms with Crippen molar-refractivity contribution < 1.29 is 8.42 Å². The van der Waals surface area contributed by atoms with Crippen molar-refractivity contribution in [2.24, 2.45) is 5.14 Å². The third-order valence-electron chi connectivity index (χ3n) is 2.43. The Kier molecular flexibility index (Phi) is 3.67. The second-order valence-corrected chi connectivity index (χ2v) is 6.15. The third kappa shape index (κ3) is 3.15. The zero-order valence-electron chi connectivity index (χ0n) is 8.85. The summed E-state index contributed by atoms with van der Waals surface area (Å²) < 4.78 is 25.2. The number of nitrogens with two attached hydrogens (primary N) is 1. The predicted molar refractivity (Wildman–Crippen MR) is 76.6 cm³/mol. The number of rotatable bonds is 3. The van der Waals surface area contributed by atoms with Crippen LogP contribution in [0.3, 0.4) is 0 Å². The smallest absolute Gasteiger partial charge is 0.216 e. The highest BCUT2D eigenvalue weighted by Gasteiger charge is 2.08. The van der Waals surface area contributed by atoms with E-state index in [1.54, 1.807) is 0 Å². The van der Waals surface area contributed by atoms with Gasteiger partial charge < -0.3 is 0 Å². The first-order valence-corrected chi connectivity index (χ1v) is 7.53. The SMILES string of the molecule is NS(=O)(=O)NCc1c(I)ccc2ccccc12. The standard InChI is InChI=1S/C11H11IN2O2S/c12-11-6-5-8-3-1-2-4-9(8)10(11)7-14-17(13,15)16/h1-6,14H,7H2,(H2,13,15,16). The Balaban J connectivity index is 2.48. The molecule has 2 aromatic carbocycles. The highest BCUT2D eigenvalue weighted by Crippen LogP contribution is 2.23. The molecule has 0 aliphatic rings. The lowest BCUT2D eigenvalue weighted by atomic mass is 10.1. The van der Waals surface area contributed by atoms with Crippen LogP contribution in [0.4, 0.5) is 0 Å². The summed E-state index contributed by atoms with van der Waals surface area (Å²) >= 11 is 2.18. The highest BCUT2D eigenvalue weighted by molar-refractivity contribution is 14.1. The predicted octanol–water partition coefficient (Wildman–Crippen LogP) is 1.74. The Morgan fingerprint density at radius 1 is 1.18 bits per heavy atom.